The molecule has 1 aromatic rings. The fourth-order valence-corrected chi connectivity index (χ4v) is 2.87. The molecule has 1 heterocycles. The van der Waals surface area contributed by atoms with Crippen LogP contribution in [0.2, 0.25) is 0 Å². The van der Waals surface area contributed by atoms with Crippen LogP contribution in [0.15, 0.2) is 24.3 Å². The Morgan fingerprint density at radius 1 is 1.12 bits per heavy atom. The summed E-state index contributed by atoms with van der Waals surface area (Å²) in [5, 5.41) is 0. The van der Waals surface area contributed by atoms with Gasteiger partial charge in [0.15, 0.2) is 0 Å². The first kappa shape index (κ1) is 17.5. The minimum absolute atomic E-state index is 0.292. The van der Waals surface area contributed by atoms with E-state index in [9.17, 15) is 4.79 Å². The van der Waals surface area contributed by atoms with Crippen LogP contribution < -0.4 is 5.46 Å². The van der Waals surface area contributed by atoms with Gasteiger partial charge in [-0.1, -0.05) is 24.3 Å². The number of carbonyl (C=O) groups excluding carboxylic acids is 1. The van der Waals surface area contributed by atoms with Gasteiger partial charge in [-0.25, -0.2) is 0 Å². The standard InChI is InChI=1S/C19H28BNO3/c1-18(2)19(3,4)24-20(23-18)16-10-6-14(7-11-16)12-13-21(5)17(22)15-8-9-15/h6-7,10-11,15H,8-9,12-13H2,1-5H3. The second-order valence-corrected chi connectivity index (χ2v) is 8.11. The van der Waals surface area contributed by atoms with Gasteiger partial charge in [-0.05, 0) is 58.0 Å². The molecule has 0 radical (unpaired) electrons. The van der Waals surface area contributed by atoms with Crippen LogP contribution in [0.4, 0.5) is 0 Å². The summed E-state index contributed by atoms with van der Waals surface area (Å²) >= 11 is 0. The number of rotatable bonds is 5. The van der Waals surface area contributed by atoms with E-state index in [1.54, 1.807) is 0 Å². The van der Waals surface area contributed by atoms with Crippen molar-refractivity contribution in [2.24, 2.45) is 5.92 Å². The van der Waals surface area contributed by atoms with Gasteiger partial charge in [0.2, 0.25) is 5.91 Å². The van der Waals surface area contributed by atoms with Crippen molar-refractivity contribution in [3.8, 4) is 0 Å². The third-order valence-corrected chi connectivity index (χ3v) is 5.54. The van der Waals surface area contributed by atoms with Gasteiger partial charge in [-0.15, -0.1) is 0 Å². The van der Waals surface area contributed by atoms with E-state index in [0.29, 0.717) is 11.8 Å². The van der Waals surface area contributed by atoms with Gasteiger partial charge in [-0.2, -0.15) is 0 Å². The van der Waals surface area contributed by atoms with Crippen molar-refractivity contribution >= 4 is 18.5 Å². The fourth-order valence-electron chi connectivity index (χ4n) is 2.87. The number of nitrogens with zero attached hydrogens (tertiary/aromatic N) is 1. The second kappa shape index (κ2) is 6.19. The zero-order valence-corrected chi connectivity index (χ0v) is 15.5. The molecule has 0 N–H and O–H groups in total. The molecule has 1 saturated carbocycles. The summed E-state index contributed by atoms with van der Waals surface area (Å²) in [6, 6.07) is 8.35. The number of hydrogen-bond acceptors (Lipinski definition) is 3. The van der Waals surface area contributed by atoms with E-state index in [1.807, 2.05) is 11.9 Å². The molecule has 0 unspecified atom stereocenters. The maximum Gasteiger partial charge on any atom is 0.494 e. The van der Waals surface area contributed by atoms with Crippen LogP contribution >= 0.6 is 0 Å². The van der Waals surface area contributed by atoms with Crippen molar-refractivity contribution in [1.82, 2.24) is 4.90 Å². The van der Waals surface area contributed by atoms with Gasteiger partial charge in [-0.3, -0.25) is 4.79 Å². The van der Waals surface area contributed by atoms with Crippen molar-refractivity contribution in [3.63, 3.8) is 0 Å². The average Bonchev–Trinajstić information content (AvgIpc) is 3.32. The van der Waals surface area contributed by atoms with E-state index in [4.69, 9.17) is 9.31 Å². The first-order valence-corrected chi connectivity index (χ1v) is 8.89. The van der Waals surface area contributed by atoms with Crippen molar-refractivity contribution in [2.45, 2.75) is 58.2 Å². The molecule has 0 atom stereocenters. The van der Waals surface area contributed by atoms with E-state index in [1.165, 1.54) is 5.56 Å². The lowest BCUT2D eigenvalue weighted by atomic mass is 9.79. The van der Waals surface area contributed by atoms with Crippen molar-refractivity contribution in [3.05, 3.63) is 29.8 Å². The van der Waals surface area contributed by atoms with Crippen LogP contribution in [0.25, 0.3) is 0 Å². The Morgan fingerprint density at radius 3 is 2.17 bits per heavy atom. The van der Waals surface area contributed by atoms with E-state index in [0.717, 1.165) is 31.3 Å². The lowest BCUT2D eigenvalue weighted by molar-refractivity contribution is -0.131. The molecule has 4 nitrogen and oxygen atoms in total. The van der Waals surface area contributed by atoms with Gasteiger partial charge in [0.05, 0.1) is 11.2 Å². The van der Waals surface area contributed by atoms with Gasteiger partial charge in [0.1, 0.15) is 0 Å². The molecule has 130 valence electrons. The van der Waals surface area contributed by atoms with Gasteiger partial charge < -0.3 is 14.2 Å². The molecule has 1 amide bonds. The molecule has 3 rings (SSSR count). The summed E-state index contributed by atoms with van der Waals surface area (Å²) in [6.45, 7) is 9.02. The SMILES string of the molecule is CN(CCc1ccc(B2OC(C)(C)C(C)(C)O2)cc1)C(=O)C1CC1. The molecule has 0 spiro atoms. The van der Waals surface area contributed by atoms with E-state index in [2.05, 4.69) is 52.0 Å². The molecular formula is C19H28BNO3. The predicted molar refractivity (Wildman–Crippen MR) is 96.2 cm³/mol. The highest BCUT2D eigenvalue weighted by molar-refractivity contribution is 6.62. The Labute approximate surface area is 145 Å². The molecule has 2 aliphatic rings. The zero-order chi connectivity index (χ0) is 17.5. The normalized spacial score (nSPS) is 21.8. The summed E-state index contributed by atoms with van der Waals surface area (Å²) in [7, 11) is 1.59. The highest BCUT2D eigenvalue weighted by Gasteiger charge is 2.51. The van der Waals surface area contributed by atoms with E-state index in [-0.39, 0.29) is 18.3 Å². The highest BCUT2D eigenvalue weighted by atomic mass is 16.7. The molecule has 1 aliphatic heterocycles. The lowest BCUT2D eigenvalue weighted by Crippen LogP contribution is -2.41. The largest absolute Gasteiger partial charge is 0.494 e. The monoisotopic (exact) mass is 329 g/mol. The Morgan fingerprint density at radius 2 is 1.67 bits per heavy atom. The maximum absolute atomic E-state index is 12.0. The summed E-state index contributed by atoms with van der Waals surface area (Å²) < 4.78 is 12.2. The van der Waals surface area contributed by atoms with Crippen molar-refractivity contribution < 1.29 is 14.1 Å². The summed E-state index contributed by atoms with van der Waals surface area (Å²) in [4.78, 5) is 13.8. The van der Waals surface area contributed by atoms with Gasteiger partial charge >= 0.3 is 7.12 Å². The fraction of sp³-hybridized carbons (Fsp3) is 0.632. The molecule has 0 aromatic heterocycles. The molecule has 1 aromatic carbocycles. The Kier molecular flexibility index (Phi) is 4.52. The quantitative estimate of drug-likeness (QED) is 0.779. The Hall–Kier alpha value is -1.33. The van der Waals surface area contributed by atoms with Crippen molar-refractivity contribution in [1.29, 1.82) is 0 Å². The number of benzene rings is 1. The molecule has 2 fully saturated rings. The van der Waals surface area contributed by atoms with Crippen molar-refractivity contribution in [2.75, 3.05) is 13.6 Å². The van der Waals surface area contributed by atoms with Crippen LogP contribution in [0.5, 0.6) is 0 Å². The molecule has 0 bridgehead atoms. The first-order chi connectivity index (χ1) is 11.2. The topological polar surface area (TPSA) is 38.8 Å². The van der Waals surface area contributed by atoms with E-state index >= 15 is 0 Å². The third-order valence-electron chi connectivity index (χ3n) is 5.54. The molecule has 1 aliphatic carbocycles. The highest BCUT2D eigenvalue weighted by Crippen LogP contribution is 2.36. The maximum atomic E-state index is 12.0. The zero-order valence-electron chi connectivity index (χ0n) is 15.5. The third kappa shape index (κ3) is 3.52. The van der Waals surface area contributed by atoms with Crippen LogP contribution in [-0.4, -0.2) is 42.7 Å². The minimum Gasteiger partial charge on any atom is -0.399 e. The Balaban J connectivity index is 1.57. The first-order valence-electron chi connectivity index (χ1n) is 8.89. The minimum atomic E-state index is -0.317. The number of carbonyl (C=O) groups is 1. The number of hydrogen-bond donors (Lipinski definition) is 0. The number of amides is 1. The molecular weight excluding hydrogens is 301 g/mol. The number of likely N-dealkylation sites (N-methyl/N-ethyl adjacent to an activating group) is 1. The van der Waals surface area contributed by atoms with Gasteiger partial charge in [0, 0.05) is 19.5 Å². The summed E-state index contributed by atoms with van der Waals surface area (Å²) in [6.07, 6.45) is 3.00. The second-order valence-electron chi connectivity index (χ2n) is 8.11. The average molecular weight is 329 g/mol. The van der Waals surface area contributed by atoms with Crippen LogP contribution in [0.1, 0.15) is 46.1 Å². The summed E-state index contributed by atoms with van der Waals surface area (Å²) in [5.74, 6) is 0.588. The lowest BCUT2D eigenvalue weighted by Gasteiger charge is -2.32. The molecule has 1 saturated heterocycles. The van der Waals surface area contributed by atoms with Crippen LogP contribution in [-0.2, 0) is 20.5 Å². The summed E-state index contributed by atoms with van der Waals surface area (Å²) in [5.41, 5.74) is 1.63. The van der Waals surface area contributed by atoms with Crippen LogP contribution in [0, 0.1) is 5.92 Å². The molecule has 24 heavy (non-hydrogen) atoms. The molecule has 5 heteroatoms. The Bertz CT molecular complexity index is 592. The smallest absolute Gasteiger partial charge is 0.399 e. The van der Waals surface area contributed by atoms with Gasteiger partial charge in [0.25, 0.3) is 0 Å². The van der Waals surface area contributed by atoms with Crippen LogP contribution in [0.3, 0.4) is 0 Å². The predicted octanol–water partition coefficient (Wildman–Crippen LogP) is 2.40. The van der Waals surface area contributed by atoms with E-state index < -0.39 is 0 Å².